The van der Waals surface area contributed by atoms with E-state index in [1.54, 1.807) is 12.1 Å². The van der Waals surface area contributed by atoms with Gasteiger partial charge in [-0.1, -0.05) is 0 Å². The molecule has 0 bridgehead atoms. The van der Waals surface area contributed by atoms with Gasteiger partial charge in [-0.05, 0) is 77.2 Å². The Kier molecular flexibility index (Phi) is 8.69. The van der Waals surface area contributed by atoms with Crippen LogP contribution >= 0.6 is 0 Å². The van der Waals surface area contributed by atoms with Crippen LogP contribution in [0.25, 0.3) is 0 Å². The predicted octanol–water partition coefficient (Wildman–Crippen LogP) is 2.22. The number of nitrogens with zero attached hydrogens (tertiary/aromatic N) is 3. The molecule has 10 heteroatoms. The molecule has 1 aromatic carbocycles. The summed E-state index contributed by atoms with van der Waals surface area (Å²) in [6, 6.07) is 4.45. The average Bonchev–Trinajstić information content (AvgIpc) is 2.82. The fraction of sp³-hybridized carbons (Fsp3) is 0.667. The standard InChI is InChI=1S/C27H40FN5O4/c1-27(2,3)37-25(35)18-31-10-8-19(9-11-31)17-32-12-14-33(15-13-32)23-6-4-20(16-21(23)28)29-22-5-7-24(34)30-26(22)36/h4,6,16,19,22,29H,5,7-15,17-18H2,1-3H3,(H,30,34,36). The van der Waals surface area contributed by atoms with E-state index in [0.29, 0.717) is 30.3 Å². The minimum absolute atomic E-state index is 0.158. The van der Waals surface area contributed by atoms with Crippen LogP contribution in [0.15, 0.2) is 18.2 Å². The molecule has 3 saturated heterocycles. The molecule has 37 heavy (non-hydrogen) atoms. The quantitative estimate of drug-likeness (QED) is 0.420. The van der Waals surface area contributed by atoms with Crippen molar-refractivity contribution >= 4 is 29.2 Å². The highest BCUT2D eigenvalue weighted by atomic mass is 19.1. The van der Waals surface area contributed by atoms with Crippen LogP contribution in [0.3, 0.4) is 0 Å². The fourth-order valence-electron chi connectivity index (χ4n) is 5.31. The lowest BCUT2D eigenvalue weighted by Crippen LogP contribution is -2.49. The van der Waals surface area contributed by atoms with Crippen LogP contribution in [0.2, 0.25) is 0 Å². The van der Waals surface area contributed by atoms with Gasteiger partial charge < -0.3 is 15.0 Å². The summed E-state index contributed by atoms with van der Waals surface area (Å²) in [6.07, 6.45) is 2.82. The van der Waals surface area contributed by atoms with E-state index < -0.39 is 11.6 Å². The van der Waals surface area contributed by atoms with Crippen molar-refractivity contribution in [3.05, 3.63) is 24.0 Å². The highest BCUT2D eigenvalue weighted by Gasteiger charge is 2.28. The lowest BCUT2D eigenvalue weighted by atomic mass is 9.96. The first-order valence-corrected chi connectivity index (χ1v) is 13.4. The largest absolute Gasteiger partial charge is 0.459 e. The molecule has 1 atom stereocenters. The Balaban J connectivity index is 1.19. The van der Waals surface area contributed by atoms with Gasteiger partial charge in [-0.3, -0.25) is 29.5 Å². The first-order valence-electron chi connectivity index (χ1n) is 13.4. The number of ether oxygens (including phenoxy) is 1. The highest BCUT2D eigenvalue weighted by molar-refractivity contribution is 6.01. The van der Waals surface area contributed by atoms with Crippen LogP contribution in [-0.2, 0) is 19.1 Å². The molecule has 9 nitrogen and oxygen atoms in total. The molecule has 0 saturated carbocycles. The summed E-state index contributed by atoms with van der Waals surface area (Å²) in [4.78, 5) is 42.1. The van der Waals surface area contributed by atoms with Gasteiger partial charge in [0.25, 0.3) is 0 Å². The van der Waals surface area contributed by atoms with Crippen LogP contribution < -0.4 is 15.5 Å². The number of hydrogen-bond acceptors (Lipinski definition) is 8. The van der Waals surface area contributed by atoms with Crippen LogP contribution in [-0.4, -0.2) is 91.6 Å². The molecule has 2 amide bonds. The third kappa shape index (κ3) is 7.88. The van der Waals surface area contributed by atoms with Crippen molar-refractivity contribution in [1.29, 1.82) is 0 Å². The molecule has 4 rings (SSSR count). The number of rotatable bonds is 7. The second-order valence-electron chi connectivity index (χ2n) is 11.4. The number of likely N-dealkylation sites (tertiary alicyclic amines) is 1. The summed E-state index contributed by atoms with van der Waals surface area (Å²) in [5.41, 5.74) is 0.658. The van der Waals surface area contributed by atoms with Crippen molar-refractivity contribution in [1.82, 2.24) is 15.1 Å². The molecule has 3 fully saturated rings. The highest BCUT2D eigenvalue weighted by Crippen LogP contribution is 2.26. The van der Waals surface area contributed by atoms with E-state index in [2.05, 4.69) is 25.3 Å². The molecule has 204 valence electrons. The molecular weight excluding hydrogens is 477 g/mol. The van der Waals surface area contributed by atoms with E-state index in [9.17, 15) is 18.8 Å². The topological polar surface area (TPSA) is 94.2 Å². The maximum absolute atomic E-state index is 14.9. The maximum Gasteiger partial charge on any atom is 0.320 e. The predicted molar refractivity (Wildman–Crippen MR) is 140 cm³/mol. The summed E-state index contributed by atoms with van der Waals surface area (Å²) in [5, 5.41) is 5.35. The molecule has 0 radical (unpaired) electrons. The smallest absolute Gasteiger partial charge is 0.320 e. The third-order valence-electron chi connectivity index (χ3n) is 7.24. The normalized spacial score (nSPS) is 22.6. The Bertz CT molecular complexity index is 981. The molecule has 1 aromatic rings. The summed E-state index contributed by atoms with van der Waals surface area (Å²) >= 11 is 0. The first kappa shape index (κ1) is 27.3. The summed E-state index contributed by atoms with van der Waals surface area (Å²) in [7, 11) is 0. The van der Waals surface area contributed by atoms with Crippen molar-refractivity contribution in [2.24, 2.45) is 5.92 Å². The Hall–Kier alpha value is -2.72. The Morgan fingerprint density at radius 1 is 1.05 bits per heavy atom. The van der Waals surface area contributed by atoms with Gasteiger partial charge in [0, 0.05) is 44.8 Å². The van der Waals surface area contributed by atoms with Gasteiger partial charge in [0.15, 0.2) is 0 Å². The molecule has 1 unspecified atom stereocenters. The van der Waals surface area contributed by atoms with Crippen molar-refractivity contribution in [3.8, 4) is 0 Å². The molecule has 3 aliphatic rings. The monoisotopic (exact) mass is 517 g/mol. The Morgan fingerprint density at radius 2 is 1.76 bits per heavy atom. The number of piperidine rings is 2. The zero-order valence-electron chi connectivity index (χ0n) is 22.2. The van der Waals surface area contributed by atoms with E-state index in [-0.39, 0.29) is 30.0 Å². The van der Waals surface area contributed by atoms with Gasteiger partial charge in [-0.15, -0.1) is 0 Å². The van der Waals surface area contributed by atoms with Crippen molar-refractivity contribution in [2.75, 3.05) is 62.6 Å². The van der Waals surface area contributed by atoms with Crippen molar-refractivity contribution in [2.45, 2.75) is 58.1 Å². The van der Waals surface area contributed by atoms with Crippen LogP contribution in [0.4, 0.5) is 15.8 Å². The molecule has 2 N–H and O–H groups in total. The van der Waals surface area contributed by atoms with Gasteiger partial charge >= 0.3 is 5.97 Å². The van der Waals surface area contributed by atoms with Gasteiger partial charge in [-0.2, -0.15) is 0 Å². The Morgan fingerprint density at radius 3 is 2.38 bits per heavy atom. The van der Waals surface area contributed by atoms with E-state index >= 15 is 0 Å². The molecule has 0 aromatic heterocycles. The number of carbonyl (C=O) groups is 3. The number of anilines is 2. The third-order valence-corrected chi connectivity index (χ3v) is 7.24. The van der Waals surface area contributed by atoms with Crippen LogP contribution in [0.5, 0.6) is 0 Å². The average molecular weight is 518 g/mol. The van der Waals surface area contributed by atoms with Gasteiger partial charge in [0.1, 0.15) is 17.5 Å². The molecule has 3 aliphatic heterocycles. The summed E-state index contributed by atoms with van der Waals surface area (Å²) < 4.78 is 20.4. The van der Waals surface area contributed by atoms with E-state index in [1.165, 1.54) is 6.07 Å². The lowest BCUT2D eigenvalue weighted by molar-refractivity contribution is -0.156. The first-order chi connectivity index (χ1) is 17.6. The second-order valence-corrected chi connectivity index (χ2v) is 11.4. The number of esters is 1. The van der Waals surface area contributed by atoms with Crippen molar-refractivity contribution < 1.29 is 23.5 Å². The van der Waals surface area contributed by atoms with E-state index in [1.807, 2.05) is 20.8 Å². The van der Waals surface area contributed by atoms with Gasteiger partial charge in [-0.25, -0.2) is 4.39 Å². The zero-order chi connectivity index (χ0) is 26.6. The van der Waals surface area contributed by atoms with Crippen LogP contribution in [0, 0.1) is 11.7 Å². The number of benzene rings is 1. The van der Waals surface area contributed by atoms with E-state index in [4.69, 9.17) is 4.74 Å². The second kappa shape index (κ2) is 11.8. The van der Waals surface area contributed by atoms with E-state index in [0.717, 1.165) is 58.7 Å². The minimum atomic E-state index is -0.532. The number of halogens is 1. The summed E-state index contributed by atoms with van der Waals surface area (Å²) in [6.45, 7) is 12.2. The van der Waals surface area contributed by atoms with Crippen LogP contribution in [0.1, 0.15) is 46.5 Å². The molecular formula is C27H40FN5O4. The lowest BCUT2D eigenvalue weighted by Gasteiger charge is -2.39. The number of amides is 2. The Labute approximate surface area is 218 Å². The molecule has 0 spiro atoms. The summed E-state index contributed by atoms with van der Waals surface area (Å²) in [5.74, 6) is -0.508. The zero-order valence-corrected chi connectivity index (χ0v) is 22.2. The number of hydrogen-bond donors (Lipinski definition) is 2. The SMILES string of the molecule is CC(C)(C)OC(=O)CN1CCC(CN2CCN(c3ccc(NC4CCC(=O)NC4=O)cc3F)CC2)CC1. The molecule has 3 heterocycles. The number of carbonyl (C=O) groups excluding carboxylic acids is 3. The minimum Gasteiger partial charge on any atom is -0.459 e. The fourth-order valence-corrected chi connectivity index (χ4v) is 5.31. The molecule has 0 aliphatic carbocycles. The van der Waals surface area contributed by atoms with Gasteiger partial charge in [0.05, 0.1) is 12.2 Å². The number of nitrogens with one attached hydrogen (secondary N) is 2. The van der Waals surface area contributed by atoms with Crippen molar-refractivity contribution in [3.63, 3.8) is 0 Å². The maximum atomic E-state index is 14.9. The number of piperazine rings is 1. The number of imide groups is 1. The van der Waals surface area contributed by atoms with Gasteiger partial charge in [0.2, 0.25) is 11.8 Å².